The Labute approximate surface area is 119 Å². The van der Waals surface area contributed by atoms with Gasteiger partial charge in [0.2, 0.25) is 0 Å². The lowest BCUT2D eigenvalue weighted by Crippen LogP contribution is -2.34. The van der Waals surface area contributed by atoms with Crippen LogP contribution in [-0.4, -0.2) is 22.8 Å². The topological polar surface area (TPSA) is 59.4 Å². The Morgan fingerprint density at radius 1 is 1.00 bits per heavy atom. The third kappa shape index (κ3) is 2.24. The predicted octanol–water partition coefficient (Wildman–Crippen LogP) is 1.22. The van der Waals surface area contributed by atoms with Gasteiger partial charge in [-0.15, -0.1) is 0 Å². The third-order valence-corrected chi connectivity index (χ3v) is 3.40. The summed E-state index contributed by atoms with van der Waals surface area (Å²) in [6.45, 7) is 0.433. The fourth-order valence-electron chi connectivity index (χ4n) is 2.35. The predicted molar refractivity (Wildman–Crippen MR) is 73.8 cm³/mol. The van der Waals surface area contributed by atoms with Crippen LogP contribution in [0.5, 0.6) is 0 Å². The van der Waals surface area contributed by atoms with E-state index in [1.54, 1.807) is 18.3 Å². The van der Waals surface area contributed by atoms with Gasteiger partial charge in [-0.1, -0.05) is 6.07 Å². The van der Waals surface area contributed by atoms with Crippen molar-refractivity contribution >= 4 is 17.4 Å². The third-order valence-electron chi connectivity index (χ3n) is 3.40. The van der Waals surface area contributed by atoms with Crippen molar-refractivity contribution in [3.8, 4) is 0 Å². The number of aromatic nitrogens is 1. The van der Waals surface area contributed by atoms with E-state index in [2.05, 4.69) is 0 Å². The Bertz CT molecular complexity index is 798. The second-order valence-corrected chi connectivity index (χ2v) is 4.68. The van der Waals surface area contributed by atoms with Crippen LogP contribution in [0.25, 0.3) is 0 Å². The van der Waals surface area contributed by atoms with Gasteiger partial charge in [-0.25, -0.2) is 4.39 Å². The molecule has 1 aliphatic rings. The molecular formula is C15H11FN2O3. The van der Waals surface area contributed by atoms with Gasteiger partial charge in [0.05, 0.1) is 11.3 Å². The minimum atomic E-state index is -0.718. The SMILES string of the molecule is O=C1C(=O)N(CCn2ccccc2=O)c2ccc(F)cc21. The molecule has 6 heteroatoms. The normalized spacial score (nSPS) is 13.7. The van der Waals surface area contributed by atoms with E-state index in [1.807, 2.05) is 0 Å². The fraction of sp³-hybridized carbons (Fsp3) is 0.133. The lowest BCUT2D eigenvalue weighted by molar-refractivity contribution is -0.114. The Hall–Kier alpha value is -2.76. The second kappa shape index (κ2) is 4.97. The van der Waals surface area contributed by atoms with Crippen molar-refractivity contribution in [2.24, 2.45) is 0 Å². The fourth-order valence-corrected chi connectivity index (χ4v) is 2.35. The molecule has 0 unspecified atom stereocenters. The van der Waals surface area contributed by atoms with E-state index in [-0.39, 0.29) is 24.2 Å². The molecule has 1 aromatic carbocycles. The zero-order chi connectivity index (χ0) is 15.0. The number of Topliss-reactive ketones (excluding diaryl/α,β-unsaturated/α-hetero) is 1. The standard InChI is InChI=1S/C15H11FN2O3/c16-10-4-5-12-11(9-10)14(20)15(21)18(12)8-7-17-6-2-1-3-13(17)19/h1-6,9H,7-8H2. The number of ketones is 1. The summed E-state index contributed by atoms with van der Waals surface area (Å²) < 4.78 is 14.6. The van der Waals surface area contributed by atoms with E-state index < -0.39 is 17.5 Å². The molecule has 1 aromatic heterocycles. The quantitative estimate of drug-likeness (QED) is 0.797. The van der Waals surface area contributed by atoms with Gasteiger partial charge >= 0.3 is 0 Å². The number of anilines is 1. The van der Waals surface area contributed by atoms with Gasteiger partial charge in [-0.2, -0.15) is 0 Å². The molecule has 2 heterocycles. The van der Waals surface area contributed by atoms with Gasteiger partial charge in [0.15, 0.2) is 0 Å². The van der Waals surface area contributed by atoms with Crippen LogP contribution in [0, 0.1) is 5.82 Å². The first-order valence-corrected chi connectivity index (χ1v) is 6.39. The lowest BCUT2D eigenvalue weighted by Gasteiger charge is -2.17. The molecule has 5 nitrogen and oxygen atoms in total. The molecule has 2 aromatic rings. The molecule has 0 saturated carbocycles. The van der Waals surface area contributed by atoms with E-state index >= 15 is 0 Å². The van der Waals surface area contributed by atoms with Crippen LogP contribution in [0.1, 0.15) is 10.4 Å². The van der Waals surface area contributed by atoms with Crippen molar-refractivity contribution in [2.75, 3.05) is 11.4 Å². The molecular weight excluding hydrogens is 275 g/mol. The van der Waals surface area contributed by atoms with Gasteiger partial charge in [0.1, 0.15) is 5.82 Å². The van der Waals surface area contributed by atoms with Crippen LogP contribution < -0.4 is 10.5 Å². The number of fused-ring (bicyclic) bond motifs is 1. The summed E-state index contributed by atoms with van der Waals surface area (Å²) in [6.07, 6.45) is 1.61. The smallest absolute Gasteiger partial charge is 0.299 e. The maximum absolute atomic E-state index is 13.2. The van der Waals surface area contributed by atoms with Crippen LogP contribution in [0.3, 0.4) is 0 Å². The minimum absolute atomic E-state index is 0.0698. The number of benzene rings is 1. The number of carbonyl (C=O) groups is 2. The highest BCUT2D eigenvalue weighted by Crippen LogP contribution is 2.29. The van der Waals surface area contributed by atoms with Crippen molar-refractivity contribution in [3.05, 3.63) is 64.3 Å². The summed E-state index contributed by atoms with van der Waals surface area (Å²) in [6, 6.07) is 8.42. The summed E-state index contributed by atoms with van der Waals surface area (Å²) in [5.74, 6) is -1.97. The number of amides is 1. The van der Waals surface area contributed by atoms with Gasteiger partial charge < -0.3 is 9.47 Å². The molecule has 0 saturated heterocycles. The van der Waals surface area contributed by atoms with Crippen molar-refractivity contribution in [1.29, 1.82) is 0 Å². The molecule has 106 valence electrons. The first-order valence-electron chi connectivity index (χ1n) is 6.39. The molecule has 1 aliphatic heterocycles. The van der Waals surface area contributed by atoms with Gasteiger partial charge in [0, 0.05) is 25.4 Å². The van der Waals surface area contributed by atoms with Crippen molar-refractivity contribution < 1.29 is 14.0 Å². The van der Waals surface area contributed by atoms with E-state index in [1.165, 1.54) is 27.7 Å². The summed E-state index contributed by atoms with van der Waals surface area (Å²) in [4.78, 5) is 36.6. The number of hydrogen-bond donors (Lipinski definition) is 0. The lowest BCUT2D eigenvalue weighted by atomic mass is 10.1. The van der Waals surface area contributed by atoms with E-state index in [9.17, 15) is 18.8 Å². The van der Waals surface area contributed by atoms with Crippen molar-refractivity contribution in [1.82, 2.24) is 4.57 Å². The highest BCUT2D eigenvalue weighted by molar-refractivity contribution is 6.52. The summed E-state index contributed by atoms with van der Waals surface area (Å²) in [7, 11) is 0. The molecule has 0 bridgehead atoms. The Balaban J connectivity index is 1.87. The van der Waals surface area contributed by atoms with Crippen LogP contribution in [0.15, 0.2) is 47.4 Å². The highest BCUT2D eigenvalue weighted by atomic mass is 19.1. The average Bonchev–Trinajstić information content (AvgIpc) is 2.71. The Morgan fingerprint density at radius 3 is 2.57 bits per heavy atom. The summed E-state index contributed by atoms with van der Waals surface area (Å²) in [5, 5.41) is 0. The van der Waals surface area contributed by atoms with Crippen LogP contribution in [0.4, 0.5) is 10.1 Å². The highest BCUT2D eigenvalue weighted by Gasteiger charge is 2.35. The van der Waals surface area contributed by atoms with E-state index in [0.717, 1.165) is 6.07 Å². The van der Waals surface area contributed by atoms with Gasteiger partial charge in [-0.3, -0.25) is 14.4 Å². The van der Waals surface area contributed by atoms with Crippen LogP contribution >= 0.6 is 0 Å². The maximum atomic E-state index is 13.2. The van der Waals surface area contributed by atoms with E-state index in [0.29, 0.717) is 5.69 Å². The first-order chi connectivity index (χ1) is 10.1. The molecule has 0 atom stereocenters. The zero-order valence-corrected chi connectivity index (χ0v) is 11.0. The maximum Gasteiger partial charge on any atom is 0.299 e. The van der Waals surface area contributed by atoms with Gasteiger partial charge in [0.25, 0.3) is 17.2 Å². The van der Waals surface area contributed by atoms with E-state index in [4.69, 9.17) is 0 Å². The molecule has 0 fully saturated rings. The molecule has 1 amide bonds. The monoisotopic (exact) mass is 286 g/mol. The number of nitrogens with zero attached hydrogens (tertiary/aromatic N) is 2. The average molecular weight is 286 g/mol. The molecule has 0 aliphatic carbocycles. The molecule has 0 spiro atoms. The van der Waals surface area contributed by atoms with Crippen LogP contribution in [0.2, 0.25) is 0 Å². The van der Waals surface area contributed by atoms with Gasteiger partial charge in [-0.05, 0) is 24.3 Å². The second-order valence-electron chi connectivity index (χ2n) is 4.68. The molecule has 0 radical (unpaired) electrons. The Kier molecular flexibility index (Phi) is 3.13. The largest absolute Gasteiger partial charge is 0.314 e. The Morgan fingerprint density at radius 2 is 1.81 bits per heavy atom. The number of rotatable bonds is 3. The molecule has 3 rings (SSSR count). The number of halogens is 1. The van der Waals surface area contributed by atoms with Crippen molar-refractivity contribution in [3.63, 3.8) is 0 Å². The van der Waals surface area contributed by atoms with Crippen molar-refractivity contribution in [2.45, 2.75) is 6.54 Å². The molecule has 0 N–H and O–H groups in total. The number of pyridine rings is 1. The first kappa shape index (κ1) is 13.2. The number of carbonyl (C=O) groups excluding carboxylic acids is 2. The zero-order valence-electron chi connectivity index (χ0n) is 11.0. The summed E-state index contributed by atoms with van der Waals surface area (Å²) >= 11 is 0. The summed E-state index contributed by atoms with van der Waals surface area (Å²) in [5.41, 5.74) is 0.269. The molecule has 21 heavy (non-hydrogen) atoms. The minimum Gasteiger partial charge on any atom is -0.314 e. The van der Waals surface area contributed by atoms with Crippen LogP contribution in [-0.2, 0) is 11.3 Å². The number of hydrogen-bond acceptors (Lipinski definition) is 3.